The third-order valence-corrected chi connectivity index (χ3v) is 2.30. The van der Waals surface area contributed by atoms with Crippen LogP contribution in [0.25, 0.3) is 11.4 Å². The van der Waals surface area contributed by atoms with E-state index in [1.54, 1.807) is 12.4 Å². The summed E-state index contributed by atoms with van der Waals surface area (Å²) in [7, 11) is 0. The van der Waals surface area contributed by atoms with Gasteiger partial charge in [0.05, 0.1) is 18.5 Å². The van der Waals surface area contributed by atoms with Gasteiger partial charge in [-0.1, -0.05) is 19.4 Å². The summed E-state index contributed by atoms with van der Waals surface area (Å²) in [6, 6.07) is 5.68. The van der Waals surface area contributed by atoms with Gasteiger partial charge in [0.15, 0.2) is 12.1 Å². The fraction of sp³-hybridized carbons (Fsp3) is 0.308. The molecule has 0 spiro atoms. The van der Waals surface area contributed by atoms with Crippen molar-refractivity contribution in [2.24, 2.45) is 0 Å². The van der Waals surface area contributed by atoms with E-state index in [0.717, 1.165) is 18.5 Å². The van der Waals surface area contributed by atoms with Gasteiger partial charge in [-0.3, -0.25) is 4.98 Å². The summed E-state index contributed by atoms with van der Waals surface area (Å²) in [6.45, 7) is 2.79. The molecule has 0 amide bonds. The van der Waals surface area contributed by atoms with Crippen LogP contribution < -0.4 is 4.74 Å². The second kappa shape index (κ2) is 5.94. The van der Waals surface area contributed by atoms with Gasteiger partial charge in [-0.05, 0) is 18.6 Å². The van der Waals surface area contributed by atoms with E-state index in [2.05, 4.69) is 28.2 Å². The van der Waals surface area contributed by atoms with E-state index >= 15 is 0 Å². The van der Waals surface area contributed by atoms with Crippen molar-refractivity contribution < 1.29 is 4.74 Å². The highest BCUT2D eigenvalue weighted by Gasteiger charge is 2.08. The molecule has 0 aliphatic heterocycles. The van der Waals surface area contributed by atoms with Crippen molar-refractivity contribution in [1.29, 1.82) is 0 Å². The first-order chi connectivity index (χ1) is 8.42. The molecule has 0 atom stereocenters. The fourth-order valence-electron chi connectivity index (χ4n) is 1.40. The lowest BCUT2D eigenvalue weighted by molar-refractivity contribution is 0.308. The van der Waals surface area contributed by atoms with Crippen molar-refractivity contribution in [2.75, 3.05) is 6.61 Å². The summed E-state index contributed by atoms with van der Waals surface area (Å²) >= 11 is 0. The van der Waals surface area contributed by atoms with Crippen LogP contribution in [-0.4, -0.2) is 21.6 Å². The van der Waals surface area contributed by atoms with Gasteiger partial charge in [-0.15, -0.1) is 0 Å². The molecule has 0 unspecified atom stereocenters. The summed E-state index contributed by atoms with van der Waals surface area (Å²) in [6.07, 6.45) is 8.04. The Morgan fingerprint density at radius 1 is 1.35 bits per heavy atom. The summed E-state index contributed by atoms with van der Waals surface area (Å²) in [4.78, 5) is 12.2. The highest BCUT2D eigenvalue weighted by atomic mass is 16.5. The monoisotopic (exact) mass is 228 g/mol. The maximum atomic E-state index is 5.65. The minimum absolute atomic E-state index is 0.663. The number of hydrogen-bond acceptors (Lipinski definition) is 4. The molecule has 0 saturated heterocycles. The van der Waals surface area contributed by atoms with Crippen LogP contribution in [0.1, 0.15) is 19.8 Å². The third kappa shape index (κ3) is 3.00. The molecule has 0 N–H and O–H groups in total. The zero-order valence-electron chi connectivity index (χ0n) is 9.76. The Morgan fingerprint density at radius 3 is 3.06 bits per heavy atom. The van der Waals surface area contributed by atoms with Gasteiger partial charge in [0.2, 0.25) is 0 Å². The molecule has 2 aromatic heterocycles. The van der Waals surface area contributed by atoms with Crippen LogP contribution in [0, 0.1) is 6.33 Å². The maximum absolute atomic E-state index is 5.65. The van der Waals surface area contributed by atoms with Crippen LogP contribution in [0.2, 0.25) is 0 Å². The van der Waals surface area contributed by atoms with Crippen LogP contribution in [0.15, 0.2) is 30.6 Å². The zero-order chi connectivity index (χ0) is 11.9. The van der Waals surface area contributed by atoms with Crippen molar-refractivity contribution in [3.63, 3.8) is 0 Å². The van der Waals surface area contributed by atoms with Crippen molar-refractivity contribution in [2.45, 2.75) is 19.8 Å². The average molecular weight is 228 g/mol. The molecule has 1 radical (unpaired) electrons. The molecule has 0 aliphatic carbocycles. The Kier molecular flexibility index (Phi) is 4.02. The molecule has 0 saturated carbocycles. The van der Waals surface area contributed by atoms with Crippen LogP contribution >= 0.6 is 0 Å². The molecular weight excluding hydrogens is 214 g/mol. The van der Waals surface area contributed by atoms with Gasteiger partial charge in [0, 0.05) is 6.20 Å². The lowest BCUT2D eigenvalue weighted by Crippen LogP contribution is -2.00. The van der Waals surface area contributed by atoms with Gasteiger partial charge in [0.25, 0.3) is 0 Å². The third-order valence-electron chi connectivity index (χ3n) is 2.30. The number of pyridine rings is 1. The molecule has 17 heavy (non-hydrogen) atoms. The molecule has 4 nitrogen and oxygen atoms in total. The summed E-state index contributed by atoms with van der Waals surface area (Å²) in [5, 5.41) is 0. The van der Waals surface area contributed by atoms with Gasteiger partial charge < -0.3 is 4.74 Å². The minimum atomic E-state index is 0.663. The molecular formula is C13H14N3O. The van der Waals surface area contributed by atoms with Crippen LogP contribution in [0.3, 0.4) is 0 Å². The predicted molar refractivity (Wildman–Crippen MR) is 64.5 cm³/mol. The Labute approximate surface area is 101 Å². The van der Waals surface area contributed by atoms with Crippen LogP contribution in [0.5, 0.6) is 5.75 Å². The Morgan fingerprint density at radius 2 is 2.29 bits per heavy atom. The van der Waals surface area contributed by atoms with Crippen LogP contribution in [-0.2, 0) is 0 Å². The lowest BCUT2D eigenvalue weighted by Gasteiger charge is -2.08. The second-order valence-electron chi connectivity index (χ2n) is 3.60. The molecule has 0 aromatic carbocycles. The van der Waals surface area contributed by atoms with Crippen molar-refractivity contribution in [3.8, 4) is 17.1 Å². The van der Waals surface area contributed by atoms with E-state index in [1.807, 2.05) is 18.2 Å². The minimum Gasteiger partial charge on any atom is -0.490 e. The summed E-state index contributed by atoms with van der Waals surface area (Å²) in [5.74, 6) is 0.663. The molecule has 0 fully saturated rings. The molecule has 2 rings (SSSR count). The number of unbranched alkanes of at least 4 members (excludes halogenated alkanes) is 1. The number of hydrogen-bond donors (Lipinski definition) is 0. The van der Waals surface area contributed by atoms with Gasteiger partial charge >= 0.3 is 0 Å². The van der Waals surface area contributed by atoms with Gasteiger partial charge in [-0.2, -0.15) is 0 Å². The zero-order valence-corrected chi connectivity index (χ0v) is 9.76. The Balaban J connectivity index is 2.22. The molecule has 4 heteroatoms. The van der Waals surface area contributed by atoms with E-state index < -0.39 is 0 Å². The van der Waals surface area contributed by atoms with Crippen molar-refractivity contribution in [1.82, 2.24) is 15.0 Å². The lowest BCUT2D eigenvalue weighted by atomic mass is 10.2. The molecule has 0 aliphatic rings. The number of rotatable bonds is 5. The second-order valence-corrected chi connectivity index (χ2v) is 3.60. The Hall–Kier alpha value is -1.97. The molecule has 2 aromatic rings. The standard InChI is InChI=1S/C13H14N3O/c1-2-3-8-17-12-9-14-10-16-13(12)11-6-4-5-7-15-11/h4-7,9H,2-3,8H2,1H3. The fourth-order valence-corrected chi connectivity index (χ4v) is 1.40. The number of aromatic nitrogens is 3. The topological polar surface area (TPSA) is 47.9 Å². The van der Waals surface area contributed by atoms with Gasteiger partial charge in [0.1, 0.15) is 5.69 Å². The van der Waals surface area contributed by atoms with Crippen molar-refractivity contribution in [3.05, 3.63) is 36.9 Å². The maximum Gasteiger partial charge on any atom is 0.198 e. The SMILES string of the molecule is CCCCOc1cn[c]nc1-c1ccccn1. The van der Waals surface area contributed by atoms with E-state index in [4.69, 9.17) is 4.74 Å². The van der Waals surface area contributed by atoms with Gasteiger partial charge in [-0.25, -0.2) is 9.97 Å². The smallest absolute Gasteiger partial charge is 0.198 e. The van der Waals surface area contributed by atoms with E-state index in [-0.39, 0.29) is 0 Å². The number of ether oxygens (including phenoxy) is 1. The first kappa shape index (κ1) is 11.5. The average Bonchev–Trinajstić information content (AvgIpc) is 2.41. The number of nitrogens with zero attached hydrogens (tertiary/aromatic N) is 3. The predicted octanol–water partition coefficient (Wildman–Crippen LogP) is 2.52. The highest BCUT2D eigenvalue weighted by molar-refractivity contribution is 5.60. The normalized spacial score (nSPS) is 10.2. The quantitative estimate of drug-likeness (QED) is 0.738. The van der Waals surface area contributed by atoms with E-state index in [9.17, 15) is 0 Å². The van der Waals surface area contributed by atoms with E-state index in [1.165, 1.54) is 0 Å². The summed E-state index contributed by atoms with van der Waals surface area (Å²) in [5.41, 5.74) is 1.47. The van der Waals surface area contributed by atoms with Crippen LogP contribution in [0.4, 0.5) is 0 Å². The first-order valence-electron chi connectivity index (χ1n) is 5.69. The molecule has 87 valence electrons. The largest absolute Gasteiger partial charge is 0.490 e. The summed E-state index contributed by atoms with van der Waals surface area (Å²) < 4.78 is 5.65. The molecule has 2 heterocycles. The Bertz CT molecular complexity index is 459. The highest BCUT2D eigenvalue weighted by Crippen LogP contribution is 2.24. The molecule has 0 bridgehead atoms. The van der Waals surface area contributed by atoms with E-state index in [0.29, 0.717) is 18.1 Å². The first-order valence-corrected chi connectivity index (χ1v) is 5.69. The van der Waals surface area contributed by atoms with Crippen molar-refractivity contribution >= 4 is 0 Å².